The van der Waals surface area contributed by atoms with E-state index in [1.165, 1.54) is 44.3 Å². The van der Waals surface area contributed by atoms with Gasteiger partial charge < -0.3 is 5.73 Å². The van der Waals surface area contributed by atoms with Crippen LogP contribution in [0.25, 0.3) is 0 Å². The maximum Gasteiger partial charge on any atom is 0.0187 e. The van der Waals surface area contributed by atoms with Crippen molar-refractivity contribution in [2.45, 2.75) is 70.6 Å². The normalized spacial score (nSPS) is 43.7. The minimum absolute atomic E-state index is 0.451. The lowest BCUT2D eigenvalue weighted by atomic mass is 9.48. The Morgan fingerprint density at radius 1 is 1.00 bits per heavy atom. The minimum Gasteiger partial charge on any atom is -0.326 e. The van der Waals surface area contributed by atoms with Crippen LogP contribution in [0.1, 0.15) is 59.3 Å². The molecule has 2 unspecified atom stereocenters. The average molecular weight is 282 g/mol. The fraction of sp³-hybridized carbons (Fsp3) is 1.00. The molecule has 4 bridgehead atoms. The average Bonchev–Trinajstić information content (AvgIpc) is 2.33. The van der Waals surface area contributed by atoms with E-state index in [9.17, 15) is 0 Å². The largest absolute Gasteiger partial charge is 0.326 e. The lowest BCUT2D eigenvalue weighted by molar-refractivity contribution is -0.0629. The molecule has 0 amide bonds. The van der Waals surface area contributed by atoms with Crippen molar-refractivity contribution in [3.8, 4) is 0 Å². The summed E-state index contributed by atoms with van der Waals surface area (Å²) >= 11 is 2.12. The molecule has 2 atom stereocenters. The molecule has 0 aromatic rings. The van der Waals surface area contributed by atoms with E-state index < -0.39 is 0 Å². The molecule has 0 aromatic heterocycles. The van der Waals surface area contributed by atoms with Crippen LogP contribution in [0, 0.1) is 29.1 Å². The molecule has 4 aliphatic rings. The van der Waals surface area contributed by atoms with E-state index in [4.69, 9.17) is 5.73 Å². The van der Waals surface area contributed by atoms with Crippen molar-refractivity contribution in [2.75, 3.05) is 5.75 Å². The highest BCUT2D eigenvalue weighted by molar-refractivity contribution is 7.99. The molecular formula is C17H31NS. The summed E-state index contributed by atoms with van der Waals surface area (Å²) in [5.74, 6) is 5.05. The molecule has 0 radical (unpaired) electrons. The summed E-state index contributed by atoms with van der Waals surface area (Å²) in [4.78, 5) is 0. The number of thioether (sulfide) groups is 1. The summed E-state index contributed by atoms with van der Waals surface area (Å²) < 4.78 is 0. The van der Waals surface area contributed by atoms with Gasteiger partial charge in [-0.2, -0.15) is 11.8 Å². The van der Waals surface area contributed by atoms with Crippen LogP contribution in [0.3, 0.4) is 0 Å². The van der Waals surface area contributed by atoms with Crippen molar-refractivity contribution in [2.24, 2.45) is 34.8 Å². The van der Waals surface area contributed by atoms with Gasteiger partial charge in [0, 0.05) is 17.0 Å². The van der Waals surface area contributed by atoms with Crippen molar-refractivity contribution in [1.29, 1.82) is 0 Å². The van der Waals surface area contributed by atoms with E-state index in [1.54, 1.807) is 0 Å². The first-order valence-electron chi connectivity index (χ1n) is 8.35. The highest BCUT2D eigenvalue weighted by atomic mass is 32.2. The maximum atomic E-state index is 6.70. The van der Waals surface area contributed by atoms with E-state index >= 15 is 0 Å². The first kappa shape index (κ1) is 14.3. The molecule has 0 heterocycles. The Kier molecular flexibility index (Phi) is 3.94. The number of hydrogen-bond acceptors (Lipinski definition) is 2. The molecule has 4 rings (SSSR count). The second kappa shape index (κ2) is 5.26. The Morgan fingerprint density at radius 2 is 1.47 bits per heavy atom. The van der Waals surface area contributed by atoms with Crippen LogP contribution in [-0.2, 0) is 0 Å². The standard InChI is InChI=1S/C17H31NS/c1-11(2)12(3)19-10-16(18)17-7-13-4-14(8-17)6-15(5-13)9-17/h11-16H,4-10,18H2,1-3H3. The smallest absolute Gasteiger partial charge is 0.0187 e. The third kappa shape index (κ3) is 2.72. The Hall–Kier alpha value is 0.310. The molecule has 110 valence electrons. The zero-order chi connectivity index (χ0) is 13.6. The van der Waals surface area contributed by atoms with Gasteiger partial charge >= 0.3 is 0 Å². The second-order valence-corrected chi connectivity index (χ2v) is 9.58. The summed E-state index contributed by atoms with van der Waals surface area (Å²) in [6.07, 6.45) is 8.95. The van der Waals surface area contributed by atoms with Crippen LogP contribution in [-0.4, -0.2) is 17.0 Å². The van der Waals surface area contributed by atoms with Gasteiger partial charge in [-0.3, -0.25) is 0 Å². The fourth-order valence-corrected chi connectivity index (χ4v) is 6.51. The van der Waals surface area contributed by atoms with Crippen molar-refractivity contribution >= 4 is 11.8 Å². The Balaban J connectivity index is 1.61. The fourth-order valence-electron chi connectivity index (χ4n) is 5.26. The Labute approximate surface area is 123 Å². The molecule has 0 aliphatic heterocycles. The van der Waals surface area contributed by atoms with Gasteiger partial charge in [-0.05, 0) is 67.6 Å². The molecule has 1 nitrogen and oxygen atoms in total. The summed E-state index contributed by atoms with van der Waals surface area (Å²) in [6.45, 7) is 7.02. The van der Waals surface area contributed by atoms with Crippen LogP contribution in [0.2, 0.25) is 0 Å². The lowest BCUT2D eigenvalue weighted by Gasteiger charge is -2.59. The zero-order valence-electron chi connectivity index (χ0n) is 12.9. The van der Waals surface area contributed by atoms with Crippen LogP contribution < -0.4 is 5.73 Å². The molecule has 4 saturated carbocycles. The van der Waals surface area contributed by atoms with Crippen molar-refractivity contribution in [1.82, 2.24) is 0 Å². The molecule has 19 heavy (non-hydrogen) atoms. The Morgan fingerprint density at radius 3 is 1.89 bits per heavy atom. The topological polar surface area (TPSA) is 26.0 Å². The number of hydrogen-bond donors (Lipinski definition) is 1. The molecule has 4 aliphatic carbocycles. The first-order chi connectivity index (χ1) is 8.98. The Bertz CT molecular complexity index is 290. The molecular weight excluding hydrogens is 250 g/mol. The van der Waals surface area contributed by atoms with Gasteiger partial charge in [0.15, 0.2) is 0 Å². The van der Waals surface area contributed by atoms with Gasteiger partial charge in [0.05, 0.1) is 0 Å². The molecule has 0 aromatic carbocycles. The molecule has 0 saturated heterocycles. The maximum absolute atomic E-state index is 6.70. The number of rotatable bonds is 5. The van der Waals surface area contributed by atoms with E-state index in [1.807, 2.05) is 0 Å². The highest BCUT2D eigenvalue weighted by Gasteiger charge is 2.53. The highest BCUT2D eigenvalue weighted by Crippen LogP contribution is 2.61. The second-order valence-electron chi connectivity index (χ2n) is 8.17. The van der Waals surface area contributed by atoms with E-state index in [-0.39, 0.29) is 0 Å². The minimum atomic E-state index is 0.451. The third-order valence-electron chi connectivity index (χ3n) is 6.35. The van der Waals surface area contributed by atoms with Crippen molar-refractivity contribution in [3.63, 3.8) is 0 Å². The van der Waals surface area contributed by atoms with Crippen molar-refractivity contribution in [3.05, 3.63) is 0 Å². The van der Waals surface area contributed by atoms with Gasteiger partial charge in [-0.1, -0.05) is 20.8 Å². The van der Waals surface area contributed by atoms with E-state index in [2.05, 4.69) is 32.5 Å². The predicted octanol–water partition coefficient (Wildman–Crippen LogP) is 4.31. The van der Waals surface area contributed by atoms with Gasteiger partial charge in [-0.15, -0.1) is 0 Å². The van der Waals surface area contributed by atoms with Gasteiger partial charge in [0.2, 0.25) is 0 Å². The van der Waals surface area contributed by atoms with Crippen LogP contribution in [0.4, 0.5) is 0 Å². The molecule has 0 spiro atoms. The molecule has 2 N–H and O–H groups in total. The SMILES string of the molecule is CC(C)C(C)SCC(N)C12CC3CC(CC(C3)C1)C2. The van der Waals surface area contributed by atoms with Crippen LogP contribution in [0.5, 0.6) is 0 Å². The van der Waals surface area contributed by atoms with Crippen LogP contribution in [0.15, 0.2) is 0 Å². The monoisotopic (exact) mass is 281 g/mol. The lowest BCUT2D eigenvalue weighted by Crippen LogP contribution is -2.55. The van der Waals surface area contributed by atoms with Gasteiger partial charge in [-0.25, -0.2) is 0 Å². The van der Waals surface area contributed by atoms with Crippen molar-refractivity contribution < 1.29 is 0 Å². The summed E-state index contributed by atoms with van der Waals surface area (Å²) in [5, 5.41) is 0.750. The summed E-state index contributed by atoms with van der Waals surface area (Å²) in [5.41, 5.74) is 7.24. The number of nitrogens with two attached hydrogens (primary N) is 1. The van der Waals surface area contributed by atoms with Gasteiger partial charge in [0.25, 0.3) is 0 Å². The first-order valence-corrected chi connectivity index (χ1v) is 9.40. The van der Waals surface area contributed by atoms with Crippen LogP contribution >= 0.6 is 11.8 Å². The predicted molar refractivity (Wildman–Crippen MR) is 85.3 cm³/mol. The quantitative estimate of drug-likeness (QED) is 0.812. The summed E-state index contributed by atoms with van der Waals surface area (Å²) in [6, 6.07) is 0.451. The van der Waals surface area contributed by atoms with E-state index in [0.717, 1.165) is 28.9 Å². The third-order valence-corrected chi connectivity index (χ3v) is 7.97. The van der Waals surface area contributed by atoms with E-state index in [0.29, 0.717) is 11.5 Å². The van der Waals surface area contributed by atoms with Gasteiger partial charge in [0.1, 0.15) is 0 Å². The zero-order valence-corrected chi connectivity index (χ0v) is 13.7. The summed E-state index contributed by atoms with van der Waals surface area (Å²) in [7, 11) is 0. The molecule has 2 heteroatoms. The molecule has 4 fully saturated rings.